The number of carbonyl (C=O) groups excluding carboxylic acids is 2. The number of ketones is 1. The van der Waals surface area contributed by atoms with Gasteiger partial charge < -0.3 is 14.6 Å². The molecule has 3 aromatic rings. The summed E-state index contributed by atoms with van der Waals surface area (Å²) in [4.78, 5) is 31.5. The number of carbonyl (C=O) groups is 2. The molecule has 1 aliphatic heterocycles. The highest BCUT2D eigenvalue weighted by Crippen LogP contribution is 2.43. The minimum atomic E-state index is -0.850. The maximum atomic E-state index is 13.0. The van der Waals surface area contributed by atoms with E-state index in [1.54, 1.807) is 60.1 Å². The van der Waals surface area contributed by atoms with Crippen molar-refractivity contribution in [2.24, 2.45) is 0 Å². The molecule has 1 N–H and O–H groups in total. The molecule has 0 bridgehead atoms. The lowest BCUT2D eigenvalue weighted by Crippen LogP contribution is -2.29. The molecule has 2 heterocycles. The van der Waals surface area contributed by atoms with Crippen molar-refractivity contribution in [3.05, 3.63) is 76.8 Å². The Hall–Kier alpha value is -3.65. The summed E-state index contributed by atoms with van der Waals surface area (Å²) in [6.45, 7) is 0. The van der Waals surface area contributed by atoms with Crippen LogP contribution in [-0.4, -0.2) is 36.0 Å². The fourth-order valence-electron chi connectivity index (χ4n) is 3.42. The number of methoxy groups -OCH3 is 2. The van der Waals surface area contributed by atoms with Crippen molar-refractivity contribution in [1.29, 1.82) is 0 Å². The van der Waals surface area contributed by atoms with Crippen LogP contribution in [0.15, 0.2) is 65.7 Å². The highest BCUT2D eigenvalue weighted by atomic mass is 32.1. The maximum absolute atomic E-state index is 13.0. The summed E-state index contributed by atoms with van der Waals surface area (Å²) in [5.74, 6) is -0.718. The first-order valence-corrected chi connectivity index (χ1v) is 9.92. The van der Waals surface area contributed by atoms with E-state index in [0.717, 1.165) is 0 Å². The first-order chi connectivity index (χ1) is 14.5. The molecule has 4 rings (SSSR count). The van der Waals surface area contributed by atoms with Crippen LogP contribution in [0.1, 0.15) is 17.2 Å². The third-order valence-electron chi connectivity index (χ3n) is 4.82. The number of aliphatic hydroxyl groups is 1. The van der Waals surface area contributed by atoms with Gasteiger partial charge in [-0.25, -0.2) is 4.98 Å². The van der Waals surface area contributed by atoms with Gasteiger partial charge in [-0.1, -0.05) is 24.3 Å². The van der Waals surface area contributed by atoms with Gasteiger partial charge >= 0.3 is 5.91 Å². The van der Waals surface area contributed by atoms with Crippen molar-refractivity contribution < 1.29 is 24.2 Å². The van der Waals surface area contributed by atoms with Gasteiger partial charge in [0.15, 0.2) is 5.13 Å². The SMILES string of the molecule is COc1cccc(/C(O)=C2\C(=O)C(=O)N(c3nccs3)C2c2cccc(OC)c2)c1. The van der Waals surface area contributed by atoms with Crippen LogP contribution < -0.4 is 14.4 Å². The molecule has 0 spiro atoms. The number of Topliss-reactive ketones (excluding diaryl/α,β-unsaturated/α-hetero) is 1. The van der Waals surface area contributed by atoms with E-state index in [0.29, 0.717) is 27.8 Å². The van der Waals surface area contributed by atoms with E-state index in [9.17, 15) is 14.7 Å². The summed E-state index contributed by atoms with van der Waals surface area (Å²) in [7, 11) is 3.05. The van der Waals surface area contributed by atoms with Gasteiger partial charge in [0, 0.05) is 17.1 Å². The number of aromatic nitrogens is 1. The zero-order valence-corrected chi connectivity index (χ0v) is 17.1. The van der Waals surface area contributed by atoms with Crippen LogP contribution in [0.4, 0.5) is 5.13 Å². The largest absolute Gasteiger partial charge is 0.507 e. The van der Waals surface area contributed by atoms with Gasteiger partial charge in [0.1, 0.15) is 17.3 Å². The Labute approximate surface area is 176 Å². The van der Waals surface area contributed by atoms with Gasteiger partial charge in [0.05, 0.1) is 25.8 Å². The summed E-state index contributed by atoms with van der Waals surface area (Å²) < 4.78 is 10.5. The average molecular weight is 422 g/mol. The molecule has 1 saturated heterocycles. The van der Waals surface area contributed by atoms with Gasteiger partial charge in [-0.2, -0.15) is 0 Å². The summed E-state index contributed by atoms with van der Waals surface area (Å²) in [5.41, 5.74) is 0.976. The topological polar surface area (TPSA) is 89.0 Å². The summed E-state index contributed by atoms with van der Waals surface area (Å²) in [6, 6.07) is 12.9. The number of ether oxygens (including phenoxy) is 2. The lowest BCUT2D eigenvalue weighted by molar-refractivity contribution is -0.132. The molecule has 30 heavy (non-hydrogen) atoms. The Balaban J connectivity index is 1.94. The fourth-order valence-corrected chi connectivity index (χ4v) is 4.08. The molecule has 152 valence electrons. The monoisotopic (exact) mass is 422 g/mol. The number of hydrogen-bond acceptors (Lipinski definition) is 7. The number of aliphatic hydroxyl groups excluding tert-OH is 1. The molecular weight excluding hydrogens is 404 g/mol. The number of thiazole rings is 1. The van der Waals surface area contributed by atoms with Crippen molar-refractivity contribution in [3.8, 4) is 11.5 Å². The molecule has 1 aliphatic rings. The standard InChI is InChI=1S/C22H18N2O5S/c1-28-15-7-3-5-13(11-15)18-17(19(25)14-6-4-8-16(12-14)29-2)20(26)21(27)24(18)22-23-9-10-30-22/h3-12,18,25H,1-2H3/b19-17+. The Kier molecular flexibility index (Phi) is 5.24. The van der Waals surface area contributed by atoms with Crippen LogP contribution in [0.3, 0.4) is 0 Å². The van der Waals surface area contributed by atoms with Crippen molar-refractivity contribution in [1.82, 2.24) is 4.98 Å². The third kappa shape index (κ3) is 3.31. The minimum Gasteiger partial charge on any atom is -0.507 e. The van der Waals surface area contributed by atoms with Crippen molar-refractivity contribution in [2.75, 3.05) is 19.1 Å². The second kappa shape index (κ2) is 8.00. The Morgan fingerprint density at radius 2 is 1.77 bits per heavy atom. The van der Waals surface area contributed by atoms with Gasteiger partial charge in [0.2, 0.25) is 0 Å². The third-order valence-corrected chi connectivity index (χ3v) is 5.59. The fraction of sp³-hybridized carbons (Fsp3) is 0.136. The Morgan fingerprint density at radius 1 is 1.07 bits per heavy atom. The van der Waals surface area contributed by atoms with Crippen LogP contribution in [0.5, 0.6) is 11.5 Å². The predicted molar refractivity (Wildman–Crippen MR) is 113 cm³/mol. The second-order valence-corrected chi connectivity index (χ2v) is 7.37. The number of anilines is 1. The Morgan fingerprint density at radius 3 is 2.43 bits per heavy atom. The molecular formula is C22H18N2O5S. The summed E-state index contributed by atoms with van der Waals surface area (Å²) >= 11 is 1.24. The van der Waals surface area contributed by atoms with E-state index >= 15 is 0 Å². The van der Waals surface area contributed by atoms with Crippen molar-refractivity contribution >= 4 is 33.9 Å². The number of benzene rings is 2. The van der Waals surface area contributed by atoms with E-state index in [4.69, 9.17) is 9.47 Å². The van der Waals surface area contributed by atoms with Crippen LogP contribution >= 0.6 is 11.3 Å². The number of nitrogens with zero attached hydrogens (tertiary/aromatic N) is 2. The highest BCUT2D eigenvalue weighted by Gasteiger charge is 2.48. The van der Waals surface area contributed by atoms with E-state index in [-0.39, 0.29) is 11.3 Å². The summed E-state index contributed by atoms with van der Waals surface area (Å²) in [5, 5.41) is 13.2. The first-order valence-electron chi connectivity index (χ1n) is 9.04. The van der Waals surface area contributed by atoms with Gasteiger partial charge in [-0.05, 0) is 29.8 Å². The van der Waals surface area contributed by atoms with E-state index < -0.39 is 17.7 Å². The van der Waals surface area contributed by atoms with E-state index in [2.05, 4.69) is 4.98 Å². The zero-order valence-electron chi connectivity index (χ0n) is 16.2. The first kappa shape index (κ1) is 19.7. The molecule has 7 nitrogen and oxygen atoms in total. The van der Waals surface area contributed by atoms with Crippen molar-refractivity contribution in [2.45, 2.75) is 6.04 Å². The zero-order chi connectivity index (χ0) is 21.3. The molecule has 0 aliphatic carbocycles. The quantitative estimate of drug-likeness (QED) is 0.382. The maximum Gasteiger partial charge on any atom is 0.301 e. The molecule has 2 aromatic carbocycles. The van der Waals surface area contributed by atoms with Crippen LogP contribution in [0, 0.1) is 0 Å². The van der Waals surface area contributed by atoms with Crippen LogP contribution in [0.2, 0.25) is 0 Å². The molecule has 1 amide bonds. The highest BCUT2D eigenvalue weighted by molar-refractivity contribution is 7.14. The minimum absolute atomic E-state index is 0.0169. The molecule has 1 aromatic heterocycles. The predicted octanol–water partition coefficient (Wildman–Crippen LogP) is 3.79. The number of hydrogen-bond donors (Lipinski definition) is 1. The molecule has 0 radical (unpaired) electrons. The van der Waals surface area contributed by atoms with E-state index in [1.807, 2.05) is 0 Å². The molecule has 8 heteroatoms. The number of rotatable bonds is 5. The number of amides is 1. The average Bonchev–Trinajstić information content (AvgIpc) is 3.40. The van der Waals surface area contributed by atoms with Crippen LogP contribution in [-0.2, 0) is 9.59 Å². The van der Waals surface area contributed by atoms with Gasteiger partial charge in [0.25, 0.3) is 5.78 Å². The normalized spacial score (nSPS) is 17.9. The van der Waals surface area contributed by atoms with Gasteiger partial charge in [-0.15, -0.1) is 11.3 Å². The molecule has 1 fully saturated rings. The second-order valence-electron chi connectivity index (χ2n) is 6.49. The van der Waals surface area contributed by atoms with Crippen LogP contribution in [0.25, 0.3) is 5.76 Å². The van der Waals surface area contributed by atoms with Crippen molar-refractivity contribution in [3.63, 3.8) is 0 Å². The summed E-state index contributed by atoms with van der Waals surface area (Å²) in [6.07, 6.45) is 1.56. The lowest BCUT2D eigenvalue weighted by Gasteiger charge is -2.23. The van der Waals surface area contributed by atoms with E-state index in [1.165, 1.54) is 30.5 Å². The Bertz CT molecular complexity index is 1140. The molecule has 1 unspecified atom stereocenters. The van der Waals surface area contributed by atoms with Gasteiger partial charge in [-0.3, -0.25) is 14.5 Å². The lowest BCUT2D eigenvalue weighted by atomic mass is 9.95. The molecule has 0 saturated carbocycles. The molecule has 1 atom stereocenters. The smallest absolute Gasteiger partial charge is 0.301 e.